The number of esters is 1. The number of ether oxygens (including phenoxy) is 2. The Kier molecular flexibility index (Phi) is 33.5. The molecule has 0 bridgehead atoms. The number of unbranched alkanes of at least 4 members (excludes halogenated alkanes) is 18. The lowest BCUT2D eigenvalue weighted by Gasteiger charge is -2.20. The third kappa shape index (κ3) is 34.1. The van der Waals surface area contributed by atoms with Crippen molar-refractivity contribution in [1.29, 1.82) is 0 Å². The van der Waals surface area contributed by atoms with Gasteiger partial charge in [-0.1, -0.05) is 134 Å². The number of hydrogen-bond acceptors (Lipinski definition) is 7. The van der Waals surface area contributed by atoms with E-state index in [0.717, 1.165) is 44.9 Å². The number of carbonyl (C=O) groups is 1. The van der Waals surface area contributed by atoms with E-state index in [1.54, 1.807) is 0 Å². The van der Waals surface area contributed by atoms with Crippen LogP contribution in [-0.4, -0.2) is 49.9 Å². The normalized spacial score (nSPS) is 14.0. The number of rotatable bonds is 35. The first kappa shape index (κ1) is 44.0. The van der Waals surface area contributed by atoms with Gasteiger partial charge in [0.15, 0.2) is 0 Å². The van der Waals surface area contributed by atoms with Crippen LogP contribution in [0.3, 0.4) is 0 Å². The number of phosphoric ester groups is 1. The third-order valence-corrected chi connectivity index (χ3v) is 8.61. The summed E-state index contributed by atoms with van der Waals surface area (Å²) in [4.78, 5) is 22.3. The first-order chi connectivity index (χ1) is 21.9. The van der Waals surface area contributed by atoms with E-state index in [9.17, 15) is 14.3 Å². The molecule has 3 N–H and O–H groups in total. The Labute approximate surface area is 276 Å². The molecule has 0 aliphatic heterocycles. The minimum atomic E-state index is -4.26. The molecule has 0 aromatic carbocycles. The van der Waals surface area contributed by atoms with Gasteiger partial charge in [-0.3, -0.25) is 13.8 Å². The standard InChI is InChI=1S/C36H70NO7P/c1-3-5-7-9-11-13-14-15-16-17-18-19-20-21-22-23-25-27-29-36(38)44-35(34-43-45(39,40)42-32-30-37)33-41-31-28-26-24-12-10-8-6-4-2/h13-14,16-17,35H,3-12,15,18-34,37H2,1-2H3,(H,39,40)/b14-13-,17-16-. The molecule has 0 radical (unpaired) electrons. The lowest BCUT2D eigenvalue weighted by molar-refractivity contribution is -0.154. The molecule has 0 aliphatic carbocycles. The third-order valence-electron chi connectivity index (χ3n) is 7.62. The Morgan fingerprint density at radius 1 is 0.667 bits per heavy atom. The topological polar surface area (TPSA) is 117 Å². The van der Waals surface area contributed by atoms with Gasteiger partial charge >= 0.3 is 13.8 Å². The summed E-state index contributed by atoms with van der Waals surface area (Å²) >= 11 is 0. The summed E-state index contributed by atoms with van der Waals surface area (Å²) in [5.41, 5.74) is 5.34. The highest BCUT2D eigenvalue weighted by Gasteiger charge is 2.25. The molecule has 2 atom stereocenters. The molecule has 0 heterocycles. The van der Waals surface area contributed by atoms with Gasteiger partial charge in [-0.05, 0) is 44.9 Å². The van der Waals surface area contributed by atoms with Crippen molar-refractivity contribution < 1.29 is 32.8 Å². The first-order valence-electron chi connectivity index (χ1n) is 18.3. The summed E-state index contributed by atoms with van der Waals surface area (Å²) in [5.74, 6) is -0.340. The zero-order valence-corrected chi connectivity index (χ0v) is 30.0. The summed E-state index contributed by atoms with van der Waals surface area (Å²) in [6.45, 7) is 4.87. The van der Waals surface area contributed by atoms with Gasteiger partial charge in [0.1, 0.15) is 6.10 Å². The molecule has 0 spiro atoms. The summed E-state index contributed by atoms with van der Waals surface area (Å²) in [6.07, 6.45) is 34.8. The fourth-order valence-corrected chi connectivity index (χ4v) is 5.67. The second-order valence-electron chi connectivity index (χ2n) is 12.1. The molecule has 0 fully saturated rings. The average molecular weight is 660 g/mol. The maximum Gasteiger partial charge on any atom is 0.472 e. The van der Waals surface area contributed by atoms with Gasteiger partial charge in [0.25, 0.3) is 0 Å². The van der Waals surface area contributed by atoms with Crippen molar-refractivity contribution in [3.63, 3.8) is 0 Å². The van der Waals surface area contributed by atoms with E-state index in [1.807, 2.05) is 0 Å². The number of carbonyl (C=O) groups excluding carboxylic acids is 1. The van der Waals surface area contributed by atoms with E-state index in [0.29, 0.717) is 13.0 Å². The van der Waals surface area contributed by atoms with Crippen LogP contribution in [0.5, 0.6) is 0 Å². The molecule has 2 unspecified atom stereocenters. The van der Waals surface area contributed by atoms with Crippen molar-refractivity contribution in [3.05, 3.63) is 24.3 Å². The maximum atomic E-state index is 12.5. The van der Waals surface area contributed by atoms with E-state index in [1.165, 1.54) is 96.3 Å². The Morgan fingerprint density at radius 2 is 1.18 bits per heavy atom. The second-order valence-corrected chi connectivity index (χ2v) is 13.5. The highest BCUT2D eigenvalue weighted by Crippen LogP contribution is 2.43. The SMILES string of the molecule is CCCCCC/C=C\C/C=C\CCCCCCCCCC(=O)OC(COCCCCCCCCCC)COP(=O)(O)OCCN. The molecule has 8 nitrogen and oxygen atoms in total. The van der Waals surface area contributed by atoms with E-state index in [-0.39, 0.29) is 32.3 Å². The van der Waals surface area contributed by atoms with E-state index >= 15 is 0 Å². The van der Waals surface area contributed by atoms with E-state index in [2.05, 4.69) is 38.2 Å². The van der Waals surface area contributed by atoms with Gasteiger partial charge in [0, 0.05) is 19.6 Å². The molecule has 0 aromatic heterocycles. The highest BCUT2D eigenvalue weighted by atomic mass is 31.2. The van der Waals surface area contributed by atoms with Gasteiger partial charge in [0.2, 0.25) is 0 Å². The quantitative estimate of drug-likeness (QED) is 0.0299. The molecule has 0 rings (SSSR count). The summed E-state index contributed by atoms with van der Waals surface area (Å²) in [7, 11) is -4.26. The van der Waals surface area contributed by atoms with E-state index in [4.69, 9.17) is 24.3 Å². The van der Waals surface area contributed by atoms with Crippen LogP contribution < -0.4 is 5.73 Å². The van der Waals surface area contributed by atoms with Crippen molar-refractivity contribution in [2.24, 2.45) is 5.73 Å². The molecule has 45 heavy (non-hydrogen) atoms. The van der Waals surface area contributed by atoms with Crippen molar-refractivity contribution in [2.45, 2.75) is 168 Å². The molecule has 266 valence electrons. The second kappa shape index (κ2) is 34.3. The Hall–Kier alpha value is -1.02. The Bertz CT molecular complexity index is 747. The van der Waals surface area contributed by atoms with Crippen LogP contribution in [-0.2, 0) is 27.9 Å². The number of allylic oxidation sites excluding steroid dienone is 4. The average Bonchev–Trinajstić information content (AvgIpc) is 3.02. The zero-order chi connectivity index (χ0) is 33.1. The molecule has 0 saturated heterocycles. The number of nitrogens with two attached hydrogens (primary N) is 1. The number of phosphoric acid groups is 1. The van der Waals surface area contributed by atoms with Gasteiger partial charge < -0.3 is 20.1 Å². The first-order valence-corrected chi connectivity index (χ1v) is 19.8. The van der Waals surface area contributed by atoms with Crippen molar-refractivity contribution >= 4 is 13.8 Å². The van der Waals surface area contributed by atoms with Gasteiger partial charge in [-0.2, -0.15) is 0 Å². The van der Waals surface area contributed by atoms with Crippen LogP contribution in [0.2, 0.25) is 0 Å². The molecule has 0 aromatic rings. The van der Waals surface area contributed by atoms with Crippen LogP contribution in [0, 0.1) is 0 Å². The van der Waals surface area contributed by atoms with Gasteiger partial charge in [0.05, 0.1) is 19.8 Å². The zero-order valence-electron chi connectivity index (χ0n) is 29.1. The predicted molar refractivity (Wildman–Crippen MR) is 187 cm³/mol. The van der Waals surface area contributed by atoms with Gasteiger partial charge in [-0.15, -0.1) is 0 Å². The molecule has 0 saturated carbocycles. The molecular formula is C36H70NO7P. The Morgan fingerprint density at radius 3 is 1.76 bits per heavy atom. The highest BCUT2D eigenvalue weighted by molar-refractivity contribution is 7.47. The largest absolute Gasteiger partial charge is 0.472 e. The lowest BCUT2D eigenvalue weighted by Crippen LogP contribution is -2.28. The van der Waals surface area contributed by atoms with Crippen LogP contribution in [0.15, 0.2) is 24.3 Å². The lowest BCUT2D eigenvalue weighted by atomic mass is 10.1. The van der Waals surface area contributed by atoms with Crippen LogP contribution in [0.1, 0.15) is 162 Å². The van der Waals surface area contributed by atoms with Crippen LogP contribution in [0.4, 0.5) is 0 Å². The molecule has 0 amide bonds. The monoisotopic (exact) mass is 659 g/mol. The molecule has 0 aliphatic rings. The van der Waals surface area contributed by atoms with Crippen molar-refractivity contribution in [3.8, 4) is 0 Å². The van der Waals surface area contributed by atoms with E-state index < -0.39 is 13.9 Å². The fraction of sp³-hybridized carbons (Fsp3) is 0.861. The Balaban J connectivity index is 4.05. The predicted octanol–water partition coefficient (Wildman–Crippen LogP) is 10.1. The summed E-state index contributed by atoms with van der Waals surface area (Å²) in [5, 5.41) is 0. The number of hydrogen-bond donors (Lipinski definition) is 2. The summed E-state index contributed by atoms with van der Waals surface area (Å²) in [6, 6.07) is 0. The molecular weight excluding hydrogens is 589 g/mol. The smallest absolute Gasteiger partial charge is 0.457 e. The maximum absolute atomic E-state index is 12.5. The van der Waals surface area contributed by atoms with Crippen LogP contribution in [0.25, 0.3) is 0 Å². The fourth-order valence-electron chi connectivity index (χ4n) is 4.91. The molecule has 9 heteroatoms. The van der Waals surface area contributed by atoms with Gasteiger partial charge in [-0.25, -0.2) is 4.57 Å². The minimum Gasteiger partial charge on any atom is -0.457 e. The van der Waals surface area contributed by atoms with Crippen molar-refractivity contribution in [2.75, 3.05) is 33.0 Å². The summed E-state index contributed by atoms with van der Waals surface area (Å²) < 4.78 is 33.1. The minimum absolute atomic E-state index is 0.0958. The van der Waals surface area contributed by atoms with Crippen molar-refractivity contribution in [1.82, 2.24) is 0 Å². The van der Waals surface area contributed by atoms with Crippen LogP contribution >= 0.6 is 7.82 Å².